The average molecular weight is 897 g/mol. The number of nitrogens with zero attached hydrogens (tertiary/aromatic N) is 7. The lowest BCUT2D eigenvalue weighted by atomic mass is 9.87. The van der Waals surface area contributed by atoms with Crippen molar-refractivity contribution in [3.8, 4) is 0 Å². The van der Waals surface area contributed by atoms with E-state index in [-0.39, 0.29) is 42.4 Å². The Bertz CT molecular complexity index is 2150. The summed E-state index contributed by atoms with van der Waals surface area (Å²) in [5.74, 6) is 0.232. The first kappa shape index (κ1) is 45.2. The number of nitrogens with two attached hydrogens (primary N) is 1. The van der Waals surface area contributed by atoms with Gasteiger partial charge in [0.05, 0.1) is 37.5 Å². The summed E-state index contributed by atoms with van der Waals surface area (Å²) in [6, 6.07) is 0. The van der Waals surface area contributed by atoms with Gasteiger partial charge in [0, 0.05) is 24.9 Å². The minimum Gasteiger partial charge on any atom is -0.386 e. The third-order valence-electron chi connectivity index (χ3n) is 10.2. The van der Waals surface area contributed by atoms with Crippen molar-refractivity contribution in [3.63, 3.8) is 0 Å². The van der Waals surface area contributed by atoms with Gasteiger partial charge >= 0.3 is 23.5 Å². The van der Waals surface area contributed by atoms with Crippen molar-refractivity contribution in [3.05, 3.63) is 24.0 Å². The number of aliphatic hydroxyl groups excluding tert-OH is 2. The molecule has 59 heavy (non-hydrogen) atoms. The summed E-state index contributed by atoms with van der Waals surface area (Å²) in [4.78, 5) is 76.2. The summed E-state index contributed by atoms with van der Waals surface area (Å²) in [5.41, 5.74) is 6.41. The molecule has 6 rings (SSSR count). The van der Waals surface area contributed by atoms with Crippen LogP contribution in [0.25, 0.3) is 11.2 Å². The number of nitrogens with one attached hydrogen (secondary N) is 2. The number of carbonyl (C=O) groups excluding carboxylic acids is 2. The van der Waals surface area contributed by atoms with Crippen molar-refractivity contribution in [2.24, 2.45) is 17.3 Å². The van der Waals surface area contributed by atoms with Gasteiger partial charge in [-0.3, -0.25) is 27.7 Å². The molecule has 2 aliphatic carbocycles. The van der Waals surface area contributed by atoms with E-state index >= 15 is 0 Å². The predicted octanol–water partition coefficient (Wildman–Crippen LogP) is -0.788. The second-order valence-corrected chi connectivity index (χ2v) is 19.3. The number of rotatable bonds is 19. The van der Waals surface area contributed by atoms with Crippen molar-refractivity contribution >= 4 is 52.3 Å². The first-order chi connectivity index (χ1) is 27.6. The average Bonchev–Trinajstić information content (AvgIpc) is 3.40. The number of carbonyl (C=O) groups is 2. The molecule has 0 spiro atoms. The summed E-state index contributed by atoms with van der Waals surface area (Å²) in [7, 11) is -16.4. The molecule has 3 aromatic rings. The van der Waals surface area contributed by atoms with E-state index in [2.05, 4.69) is 44.7 Å². The molecule has 1 saturated carbocycles. The number of hydrogen-bond donors (Lipinski definition) is 9. The fourth-order valence-corrected chi connectivity index (χ4v) is 9.75. The highest BCUT2D eigenvalue weighted by atomic mass is 31.3. The van der Waals surface area contributed by atoms with Crippen molar-refractivity contribution in [1.82, 2.24) is 45.1 Å². The van der Waals surface area contributed by atoms with E-state index < -0.39 is 78.6 Å². The molecule has 1 aliphatic heterocycles. The minimum atomic E-state index is -5.56. The molecule has 3 aromatic heterocycles. The van der Waals surface area contributed by atoms with Gasteiger partial charge in [-0.15, -0.1) is 5.10 Å². The van der Waals surface area contributed by atoms with Crippen LogP contribution in [0.5, 0.6) is 0 Å². The number of phosphoric ester groups is 3. The molecule has 3 aliphatic rings. The highest BCUT2D eigenvalue weighted by Gasteiger charge is 2.50. The number of imidazole rings is 1. The number of phosphoric acid groups is 3. The number of aliphatic hydroxyl groups is 2. The van der Waals surface area contributed by atoms with Gasteiger partial charge < -0.3 is 50.9 Å². The van der Waals surface area contributed by atoms with Gasteiger partial charge in [0.15, 0.2) is 17.7 Å². The van der Waals surface area contributed by atoms with Crippen molar-refractivity contribution < 1.29 is 75.7 Å². The SMILES string of the molecule is CC(C)(COP(=O)(O)OP(=O)(O)OCC1OC(n2cnc3c(N)ncnc32)C(O)C1OP(=O)(O)O)C(O)C(=O)NCCC(=O)NCCn1nnc2c1CC[C@@H]1CC1CC2. The number of anilines is 1. The molecule has 8 unspecified atom stereocenters. The Morgan fingerprint density at radius 2 is 1.75 bits per heavy atom. The summed E-state index contributed by atoms with van der Waals surface area (Å²) in [6.45, 7) is 1.13. The van der Waals surface area contributed by atoms with Gasteiger partial charge in [0.25, 0.3) is 0 Å². The second kappa shape index (κ2) is 18.0. The van der Waals surface area contributed by atoms with Crippen LogP contribution in [-0.2, 0) is 65.3 Å². The van der Waals surface area contributed by atoms with E-state index in [0.717, 1.165) is 66.1 Å². The molecule has 0 bridgehead atoms. The Morgan fingerprint density at radius 3 is 2.47 bits per heavy atom. The van der Waals surface area contributed by atoms with Crippen molar-refractivity contribution in [2.75, 3.05) is 32.0 Å². The van der Waals surface area contributed by atoms with Crippen LogP contribution >= 0.6 is 23.5 Å². The largest absolute Gasteiger partial charge is 0.481 e. The number of aromatic nitrogens is 7. The van der Waals surface area contributed by atoms with Crippen LogP contribution in [0.4, 0.5) is 5.82 Å². The Balaban J connectivity index is 0.936. The number of aryl methyl sites for hydroxylation is 1. The minimum absolute atomic E-state index is 0.0363. The van der Waals surface area contributed by atoms with Crippen LogP contribution in [0.15, 0.2) is 12.7 Å². The summed E-state index contributed by atoms with van der Waals surface area (Å²) < 4.78 is 64.2. The van der Waals surface area contributed by atoms with E-state index in [4.69, 9.17) is 19.5 Å². The van der Waals surface area contributed by atoms with Crippen LogP contribution in [0.1, 0.15) is 57.1 Å². The summed E-state index contributed by atoms with van der Waals surface area (Å²) in [6.07, 6.45) is -1.49. The van der Waals surface area contributed by atoms with Crippen LogP contribution in [0.3, 0.4) is 0 Å². The van der Waals surface area contributed by atoms with Gasteiger partial charge in [0.1, 0.15) is 36.3 Å². The highest BCUT2D eigenvalue weighted by molar-refractivity contribution is 7.61. The topological polar surface area (TPSA) is 377 Å². The van der Waals surface area contributed by atoms with Crippen LogP contribution in [-0.4, -0.2) is 127 Å². The monoisotopic (exact) mass is 896 g/mol. The number of amides is 2. The standard InChI is InChI=1S/C30H47N10O16P3/c1-30(2,25(43)28(44)33-8-7-21(41)32-9-10-40-19-6-4-17-11-16(17)3-5-18(19)37-38-40)13-53-59(50,51)56-58(48,49)52-12-20-24(55-57(45,46)47)23(42)29(54-20)39-15-36-22-26(31)34-14-35-27(22)39/h14-17,20,23-25,29,42-43H,3-13H2,1-2H3,(H,32,41)(H,33,44)(H,48,49)(H,50,51)(H2,31,34,35)(H2,45,46,47)/t16?,17-,20?,23?,24?,25?,29?/m1/s1. The van der Waals surface area contributed by atoms with Gasteiger partial charge in [-0.05, 0) is 43.9 Å². The molecule has 4 heterocycles. The van der Waals surface area contributed by atoms with Crippen LogP contribution in [0.2, 0.25) is 0 Å². The van der Waals surface area contributed by atoms with Gasteiger partial charge in [-0.25, -0.2) is 33.3 Å². The molecule has 2 fully saturated rings. The first-order valence-corrected chi connectivity index (χ1v) is 23.0. The van der Waals surface area contributed by atoms with Crippen LogP contribution in [0, 0.1) is 17.3 Å². The fraction of sp³-hybridized carbons (Fsp3) is 0.700. The molecule has 0 aromatic carbocycles. The molecular weight excluding hydrogens is 849 g/mol. The quantitative estimate of drug-likeness (QED) is 0.0666. The third-order valence-corrected chi connectivity index (χ3v) is 13.3. The lowest BCUT2D eigenvalue weighted by Gasteiger charge is -2.30. The maximum absolute atomic E-state index is 12.7. The molecule has 2 amide bonds. The van der Waals surface area contributed by atoms with E-state index in [1.54, 1.807) is 0 Å². The molecule has 26 nitrogen and oxygen atoms in total. The molecule has 0 radical (unpaired) electrons. The third kappa shape index (κ3) is 11.5. The number of nitrogen functional groups attached to an aromatic ring is 1. The number of hydrogen-bond acceptors (Lipinski definition) is 18. The summed E-state index contributed by atoms with van der Waals surface area (Å²) >= 11 is 0. The normalized spacial score (nSPS) is 25.8. The smallest absolute Gasteiger partial charge is 0.386 e. The molecule has 9 atom stereocenters. The molecular formula is C30H47N10O16P3. The van der Waals surface area contributed by atoms with Crippen LogP contribution < -0.4 is 16.4 Å². The first-order valence-electron chi connectivity index (χ1n) is 18.4. The fourth-order valence-electron chi connectivity index (χ4n) is 6.92. The molecule has 10 N–H and O–H groups in total. The lowest BCUT2D eigenvalue weighted by molar-refractivity contribution is -0.137. The maximum atomic E-state index is 12.7. The van der Waals surface area contributed by atoms with E-state index in [1.165, 1.54) is 20.3 Å². The molecule has 328 valence electrons. The summed E-state index contributed by atoms with van der Waals surface area (Å²) in [5, 5.41) is 35.3. The van der Waals surface area contributed by atoms with Crippen molar-refractivity contribution in [2.45, 2.75) is 89.6 Å². The zero-order chi connectivity index (χ0) is 42.9. The number of ether oxygens (including phenoxy) is 1. The van der Waals surface area contributed by atoms with Crippen molar-refractivity contribution in [1.29, 1.82) is 0 Å². The predicted molar refractivity (Wildman–Crippen MR) is 198 cm³/mol. The van der Waals surface area contributed by atoms with Gasteiger partial charge in [-0.1, -0.05) is 19.1 Å². The zero-order valence-electron chi connectivity index (χ0n) is 31.8. The van der Waals surface area contributed by atoms with E-state index in [0.29, 0.717) is 6.54 Å². The Morgan fingerprint density at radius 1 is 1.03 bits per heavy atom. The highest BCUT2D eigenvalue weighted by Crippen LogP contribution is 2.61. The van der Waals surface area contributed by atoms with Gasteiger partial charge in [-0.2, -0.15) is 4.31 Å². The zero-order valence-corrected chi connectivity index (χ0v) is 34.5. The lowest BCUT2D eigenvalue weighted by Crippen LogP contribution is -2.46. The Hall–Kier alpha value is -3.32. The van der Waals surface area contributed by atoms with E-state index in [9.17, 15) is 53.1 Å². The number of fused-ring (bicyclic) bond motifs is 3. The Labute approximate surface area is 335 Å². The van der Waals surface area contributed by atoms with E-state index in [1.807, 2.05) is 4.68 Å². The molecule has 1 saturated heterocycles. The van der Waals surface area contributed by atoms with Gasteiger partial charge in [0.2, 0.25) is 11.8 Å². The second-order valence-electron chi connectivity index (χ2n) is 15.1. The Kier molecular flexibility index (Phi) is 13.8. The maximum Gasteiger partial charge on any atom is 0.481 e. The molecule has 29 heteroatoms.